The van der Waals surface area contributed by atoms with E-state index in [1.165, 1.54) is 5.56 Å². The van der Waals surface area contributed by atoms with Gasteiger partial charge in [-0.15, -0.1) is 0 Å². The van der Waals surface area contributed by atoms with Crippen molar-refractivity contribution in [2.24, 2.45) is 0 Å². The van der Waals surface area contributed by atoms with Gasteiger partial charge >= 0.3 is 0 Å². The maximum atomic E-state index is 12.3. The van der Waals surface area contributed by atoms with E-state index in [1.807, 2.05) is 31.2 Å². The van der Waals surface area contributed by atoms with Crippen molar-refractivity contribution >= 4 is 11.6 Å². The molecule has 0 saturated heterocycles. The molecule has 0 bridgehead atoms. The first-order chi connectivity index (χ1) is 8.76. The number of para-hydroxylation sites is 1. The molecular formula is C14H17N3O. The van der Waals surface area contributed by atoms with Gasteiger partial charge in [0.15, 0.2) is 0 Å². The molecule has 0 aliphatic carbocycles. The molecule has 0 unspecified atom stereocenters. The quantitative estimate of drug-likeness (QED) is 0.877. The molecule has 18 heavy (non-hydrogen) atoms. The van der Waals surface area contributed by atoms with Crippen LogP contribution in [0.1, 0.15) is 18.9 Å². The molecule has 0 spiro atoms. The number of fused-ring (bicyclic) bond motifs is 1. The number of anilines is 1. The minimum atomic E-state index is -0.180. The molecule has 1 N–H and O–H groups in total. The van der Waals surface area contributed by atoms with Gasteiger partial charge in [0.1, 0.15) is 6.04 Å². The van der Waals surface area contributed by atoms with Crippen LogP contribution < -0.4 is 5.32 Å². The van der Waals surface area contributed by atoms with E-state index < -0.39 is 0 Å². The van der Waals surface area contributed by atoms with Gasteiger partial charge in [0.25, 0.3) is 0 Å². The van der Waals surface area contributed by atoms with Crippen LogP contribution in [0.15, 0.2) is 24.3 Å². The minimum absolute atomic E-state index is 0.0870. The van der Waals surface area contributed by atoms with Crippen LogP contribution in [0.5, 0.6) is 0 Å². The van der Waals surface area contributed by atoms with Gasteiger partial charge in [-0.2, -0.15) is 5.26 Å². The van der Waals surface area contributed by atoms with Crippen molar-refractivity contribution in [3.8, 4) is 6.07 Å². The third kappa shape index (κ3) is 2.45. The Kier molecular flexibility index (Phi) is 3.83. The minimum Gasteiger partial charge on any atom is -0.373 e. The lowest BCUT2D eigenvalue weighted by molar-refractivity contribution is -0.131. The summed E-state index contributed by atoms with van der Waals surface area (Å²) >= 11 is 0. The van der Waals surface area contributed by atoms with Crippen LogP contribution in [0.2, 0.25) is 0 Å². The van der Waals surface area contributed by atoms with E-state index in [2.05, 4.69) is 11.4 Å². The summed E-state index contributed by atoms with van der Waals surface area (Å²) in [5.74, 6) is 0.0870. The maximum absolute atomic E-state index is 12.3. The number of nitriles is 1. The molecular weight excluding hydrogens is 226 g/mol. The first-order valence-electron chi connectivity index (χ1n) is 6.26. The number of rotatable bonds is 4. The summed E-state index contributed by atoms with van der Waals surface area (Å²) in [6.07, 6.45) is 1.12. The zero-order valence-electron chi connectivity index (χ0n) is 10.5. The molecule has 0 saturated carbocycles. The molecule has 0 radical (unpaired) electrons. The van der Waals surface area contributed by atoms with Gasteiger partial charge in [0.05, 0.1) is 12.5 Å². The Morgan fingerprint density at radius 2 is 2.33 bits per heavy atom. The number of hydrogen-bond acceptors (Lipinski definition) is 3. The zero-order valence-corrected chi connectivity index (χ0v) is 10.5. The lowest BCUT2D eigenvalue weighted by atomic mass is 10.1. The second-order valence-electron chi connectivity index (χ2n) is 4.38. The van der Waals surface area contributed by atoms with Crippen molar-refractivity contribution in [1.82, 2.24) is 4.90 Å². The monoisotopic (exact) mass is 243 g/mol. The molecule has 1 aliphatic rings. The molecule has 1 atom stereocenters. The molecule has 4 heteroatoms. The second-order valence-corrected chi connectivity index (χ2v) is 4.38. The Hall–Kier alpha value is -2.02. The number of benzene rings is 1. The number of hydrogen-bond donors (Lipinski definition) is 1. The zero-order chi connectivity index (χ0) is 13.0. The standard InChI is InChI=1S/C14H17N3O/c1-2-17(9-5-8-15)14(18)13-10-11-6-3-4-7-12(11)16-13/h3-4,6-7,13,16H,2,5,9-10H2,1H3/t13-/m0/s1. The van der Waals surface area contributed by atoms with Crippen LogP contribution in [0.25, 0.3) is 0 Å². The van der Waals surface area contributed by atoms with Gasteiger partial charge in [0, 0.05) is 25.2 Å². The number of likely N-dealkylation sites (N-methyl/N-ethyl adjacent to an activating group) is 1. The Balaban J connectivity index is 2.02. The Bertz CT molecular complexity index is 453. The molecule has 1 amide bonds. The summed E-state index contributed by atoms with van der Waals surface area (Å²) in [5.41, 5.74) is 2.24. The number of carbonyl (C=O) groups is 1. The average molecular weight is 243 g/mol. The van der Waals surface area contributed by atoms with Crippen molar-refractivity contribution < 1.29 is 4.79 Å². The van der Waals surface area contributed by atoms with E-state index in [4.69, 9.17) is 5.26 Å². The summed E-state index contributed by atoms with van der Waals surface area (Å²) in [6.45, 7) is 3.10. The van der Waals surface area contributed by atoms with Gasteiger partial charge in [-0.05, 0) is 18.6 Å². The molecule has 1 aliphatic heterocycles. The number of amides is 1. The Morgan fingerprint density at radius 1 is 1.56 bits per heavy atom. The predicted molar refractivity (Wildman–Crippen MR) is 70.0 cm³/mol. The largest absolute Gasteiger partial charge is 0.373 e. The van der Waals surface area contributed by atoms with Crippen LogP contribution in [0.3, 0.4) is 0 Å². The van der Waals surface area contributed by atoms with E-state index in [0.717, 1.165) is 12.1 Å². The van der Waals surface area contributed by atoms with Crippen LogP contribution in [-0.2, 0) is 11.2 Å². The van der Waals surface area contributed by atoms with E-state index in [0.29, 0.717) is 19.5 Å². The van der Waals surface area contributed by atoms with Crippen LogP contribution in [0, 0.1) is 11.3 Å². The molecule has 1 aromatic rings. The lowest BCUT2D eigenvalue weighted by Crippen LogP contribution is -2.42. The highest BCUT2D eigenvalue weighted by atomic mass is 16.2. The van der Waals surface area contributed by atoms with Gasteiger partial charge in [-0.3, -0.25) is 4.79 Å². The third-order valence-corrected chi connectivity index (χ3v) is 3.26. The Morgan fingerprint density at radius 3 is 3.00 bits per heavy atom. The summed E-state index contributed by atoms with van der Waals surface area (Å²) in [4.78, 5) is 14.0. The summed E-state index contributed by atoms with van der Waals surface area (Å²) in [7, 11) is 0. The van der Waals surface area contributed by atoms with E-state index in [1.54, 1.807) is 4.90 Å². The normalized spacial score (nSPS) is 16.6. The summed E-state index contributed by atoms with van der Waals surface area (Å²) in [5, 5.41) is 11.8. The van der Waals surface area contributed by atoms with E-state index >= 15 is 0 Å². The third-order valence-electron chi connectivity index (χ3n) is 3.26. The van der Waals surface area contributed by atoms with Gasteiger partial charge < -0.3 is 10.2 Å². The fourth-order valence-corrected chi connectivity index (χ4v) is 2.28. The van der Waals surface area contributed by atoms with Crippen molar-refractivity contribution in [1.29, 1.82) is 5.26 Å². The molecule has 0 fully saturated rings. The second kappa shape index (κ2) is 5.54. The topological polar surface area (TPSA) is 56.1 Å². The first-order valence-corrected chi connectivity index (χ1v) is 6.26. The maximum Gasteiger partial charge on any atom is 0.245 e. The molecule has 2 rings (SSSR count). The highest BCUT2D eigenvalue weighted by Crippen LogP contribution is 2.25. The molecule has 0 aromatic heterocycles. The SMILES string of the molecule is CCN(CCC#N)C(=O)[C@@H]1Cc2ccccc2N1. The number of nitrogens with zero attached hydrogens (tertiary/aromatic N) is 2. The first kappa shape index (κ1) is 12.4. The van der Waals surface area contributed by atoms with Crippen molar-refractivity contribution in [3.05, 3.63) is 29.8 Å². The molecule has 94 valence electrons. The predicted octanol–water partition coefficient (Wildman–Crippen LogP) is 1.79. The average Bonchev–Trinajstić information content (AvgIpc) is 2.83. The summed E-state index contributed by atoms with van der Waals surface area (Å²) in [6, 6.07) is 9.89. The van der Waals surface area contributed by atoms with Crippen molar-refractivity contribution in [2.75, 3.05) is 18.4 Å². The fraction of sp³-hybridized carbons (Fsp3) is 0.429. The van der Waals surface area contributed by atoms with E-state index in [-0.39, 0.29) is 11.9 Å². The fourth-order valence-electron chi connectivity index (χ4n) is 2.28. The smallest absolute Gasteiger partial charge is 0.245 e. The molecule has 1 heterocycles. The van der Waals surface area contributed by atoms with Gasteiger partial charge in [-0.1, -0.05) is 18.2 Å². The van der Waals surface area contributed by atoms with E-state index in [9.17, 15) is 4.79 Å². The lowest BCUT2D eigenvalue weighted by Gasteiger charge is -2.23. The van der Waals surface area contributed by atoms with Crippen LogP contribution >= 0.6 is 0 Å². The van der Waals surface area contributed by atoms with Gasteiger partial charge in [-0.25, -0.2) is 0 Å². The van der Waals surface area contributed by atoms with Crippen LogP contribution in [-0.4, -0.2) is 29.9 Å². The highest BCUT2D eigenvalue weighted by Gasteiger charge is 2.29. The number of nitrogens with one attached hydrogen (secondary N) is 1. The summed E-state index contributed by atoms with van der Waals surface area (Å²) < 4.78 is 0. The van der Waals surface area contributed by atoms with Crippen molar-refractivity contribution in [2.45, 2.75) is 25.8 Å². The van der Waals surface area contributed by atoms with Crippen molar-refractivity contribution in [3.63, 3.8) is 0 Å². The molecule has 1 aromatic carbocycles. The number of carbonyl (C=O) groups excluding carboxylic acids is 1. The highest BCUT2D eigenvalue weighted by molar-refractivity contribution is 5.87. The molecule has 4 nitrogen and oxygen atoms in total. The van der Waals surface area contributed by atoms with Gasteiger partial charge in [0.2, 0.25) is 5.91 Å². The van der Waals surface area contributed by atoms with Crippen LogP contribution in [0.4, 0.5) is 5.69 Å². The Labute approximate surface area is 107 Å².